The Morgan fingerprint density at radius 3 is 2.45 bits per heavy atom. The molecular formula is C26H21FN4O6S. The molecule has 1 amide bonds. The minimum atomic E-state index is -0.584. The van der Waals surface area contributed by atoms with Crippen molar-refractivity contribution in [2.45, 2.75) is 0 Å². The van der Waals surface area contributed by atoms with Crippen LogP contribution in [-0.2, 0) is 4.79 Å². The van der Waals surface area contributed by atoms with E-state index in [0.29, 0.717) is 38.6 Å². The number of carbonyl (C=O) groups excluding carboxylic acids is 1. The van der Waals surface area contributed by atoms with Crippen LogP contribution in [0.4, 0.5) is 15.2 Å². The first-order valence-electron chi connectivity index (χ1n) is 11.0. The summed E-state index contributed by atoms with van der Waals surface area (Å²) in [7, 11) is 4.44. The fourth-order valence-electron chi connectivity index (χ4n) is 3.46. The molecule has 4 rings (SSSR count). The van der Waals surface area contributed by atoms with E-state index in [1.54, 1.807) is 18.2 Å². The summed E-state index contributed by atoms with van der Waals surface area (Å²) in [5.41, 5.74) is 1.37. The van der Waals surface area contributed by atoms with Crippen molar-refractivity contribution in [1.82, 2.24) is 4.98 Å². The molecule has 0 unspecified atom stereocenters. The number of amides is 1. The highest BCUT2D eigenvalue weighted by Crippen LogP contribution is 2.38. The molecule has 0 saturated heterocycles. The summed E-state index contributed by atoms with van der Waals surface area (Å²) in [5.74, 6) is 0.171. The molecule has 4 aromatic rings. The average molecular weight is 537 g/mol. The van der Waals surface area contributed by atoms with E-state index in [2.05, 4.69) is 10.1 Å². The van der Waals surface area contributed by atoms with Crippen molar-refractivity contribution in [2.24, 2.45) is 5.10 Å². The largest absolute Gasteiger partial charge is 0.493 e. The van der Waals surface area contributed by atoms with E-state index < -0.39 is 16.6 Å². The fraction of sp³-hybridized carbons (Fsp3) is 0.115. The first-order valence-corrected chi connectivity index (χ1v) is 11.8. The van der Waals surface area contributed by atoms with Crippen LogP contribution in [0.5, 0.6) is 17.2 Å². The number of hydrazone groups is 1. The number of anilines is 1. The number of aromatic nitrogens is 1. The number of thiazole rings is 1. The van der Waals surface area contributed by atoms with Crippen molar-refractivity contribution in [3.05, 3.63) is 87.7 Å². The van der Waals surface area contributed by atoms with Crippen LogP contribution in [0, 0.1) is 15.9 Å². The molecule has 0 spiro atoms. The summed E-state index contributed by atoms with van der Waals surface area (Å²) in [6.45, 7) is 0. The molecule has 38 heavy (non-hydrogen) atoms. The second kappa shape index (κ2) is 11.5. The lowest BCUT2D eigenvalue weighted by Crippen LogP contribution is -2.23. The number of fused-ring (bicyclic) bond motifs is 1. The Balaban J connectivity index is 1.73. The molecule has 1 heterocycles. The van der Waals surface area contributed by atoms with Crippen molar-refractivity contribution in [3.63, 3.8) is 0 Å². The minimum absolute atomic E-state index is 0.106. The van der Waals surface area contributed by atoms with E-state index in [1.807, 2.05) is 0 Å². The Bertz CT molecular complexity index is 1540. The second-order valence-electron chi connectivity index (χ2n) is 7.65. The van der Waals surface area contributed by atoms with Crippen LogP contribution >= 0.6 is 11.3 Å². The van der Waals surface area contributed by atoms with E-state index in [1.165, 1.54) is 76.1 Å². The third-order valence-electron chi connectivity index (χ3n) is 5.24. The Hall–Kier alpha value is -4.84. The van der Waals surface area contributed by atoms with Gasteiger partial charge in [-0.1, -0.05) is 23.5 Å². The van der Waals surface area contributed by atoms with E-state index >= 15 is 0 Å². The van der Waals surface area contributed by atoms with Crippen LogP contribution in [0.1, 0.15) is 11.1 Å². The quantitative estimate of drug-likeness (QED) is 0.121. The highest BCUT2D eigenvalue weighted by atomic mass is 32.1. The van der Waals surface area contributed by atoms with Gasteiger partial charge in [0.25, 0.3) is 11.6 Å². The van der Waals surface area contributed by atoms with Crippen molar-refractivity contribution >= 4 is 50.6 Å². The zero-order valence-electron chi connectivity index (χ0n) is 20.5. The molecule has 3 aromatic carbocycles. The number of nitro benzene ring substituents is 1. The molecule has 0 fully saturated rings. The van der Waals surface area contributed by atoms with Gasteiger partial charge in [-0.25, -0.2) is 9.37 Å². The van der Waals surface area contributed by atoms with Gasteiger partial charge in [0.2, 0.25) is 10.9 Å². The molecule has 0 atom stereocenters. The lowest BCUT2D eigenvalue weighted by atomic mass is 10.2. The normalized spacial score (nSPS) is 11.3. The predicted molar refractivity (Wildman–Crippen MR) is 143 cm³/mol. The van der Waals surface area contributed by atoms with Crippen LogP contribution in [0.2, 0.25) is 0 Å². The molecule has 10 nitrogen and oxygen atoms in total. The van der Waals surface area contributed by atoms with Gasteiger partial charge in [-0.15, -0.1) is 0 Å². The summed E-state index contributed by atoms with van der Waals surface area (Å²) in [6.07, 6.45) is 4.07. The highest BCUT2D eigenvalue weighted by molar-refractivity contribution is 7.22. The first-order chi connectivity index (χ1) is 18.3. The third kappa shape index (κ3) is 5.76. The van der Waals surface area contributed by atoms with Gasteiger partial charge in [-0.05, 0) is 42.0 Å². The molecule has 0 radical (unpaired) electrons. The molecular weight excluding hydrogens is 515 g/mol. The standard InChI is InChI=1S/C26H21FN4O6S/c1-35-21-12-17(13-22(36-2)25(21)37-3)15-28-30(26-29-20-9-8-18(27)14-23(20)38-26)24(32)10-7-16-5-4-6-19(11-16)31(33)34/h4-15H,1-3H3/b10-7+,28-15+. The zero-order chi connectivity index (χ0) is 27.2. The van der Waals surface area contributed by atoms with Crippen molar-refractivity contribution in [3.8, 4) is 17.2 Å². The lowest BCUT2D eigenvalue weighted by molar-refractivity contribution is -0.384. The molecule has 194 valence electrons. The number of hydrogen-bond acceptors (Lipinski definition) is 9. The van der Waals surface area contributed by atoms with Gasteiger partial charge < -0.3 is 14.2 Å². The van der Waals surface area contributed by atoms with Gasteiger partial charge in [-0.3, -0.25) is 14.9 Å². The number of nitro groups is 1. The monoisotopic (exact) mass is 536 g/mol. The maximum absolute atomic E-state index is 13.8. The second-order valence-corrected chi connectivity index (χ2v) is 8.66. The minimum Gasteiger partial charge on any atom is -0.493 e. The van der Waals surface area contributed by atoms with Gasteiger partial charge in [0.1, 0.15) is 5.82 Å². The Morgan fingerprint density at radius 2 is 1.79 bits per heavy atom. The maximum atomic E-state index is 13.8. The number of carbonyl (C=O) groups is 1. The number of ether oxygens (including phenoxy) is 3. The smallest absolute Gasteiger partial charge is 0.273 e. The molecule has 0 bridgehead atoms. The number of halogens is 1. The van der Waals surface area contributed by atoms with Crippen LogP contribution in [0.15, 0.2) is 65.8 Å². The molecule has 0 aliphatic carbocycles. The van der Waals surface area contributed by atoms with Gasteiger partial charge >= 0.3 is 0 Å². The molecule has 0 aliphatic heterocycles. The topological polar surface area (TPSA) is 116 Å². The third-order valence-corrected chi connectivity index (χ3v) is 6.23. The summed E-state index contributed by atoms with van der Waals surface area (Å²) < 4.78 is 30.4. The summed E-state index contributed by atoms with van der Waals surface area (Å²) in [5, 5.41) is 16.7. The Morgan fingerprint density at radius 1 is 1.05 bits per heavy atom. The van der Waals surface area contributed by atoms with Crippen molar-refractivity contribution in [2.75, 3.05) is 26.3 Å². The predicted octanol–water partition coefficient (Wildman–Crippen LogP) is 5.45. The van der Waals surface area contributed by atoms with Crippen molar-refractivity contribution in [1.29, 1.82) is 0 Å². The number of rotatable bonds is 9. The SMILES string of the molecule is COc1cc(/C=N/N(C(=O)/C=C/c2cccc([N+](=O)[O-])c2)c2nc3ccc(F)cc3s2)cc(OC)c1OC. The fourth-order valence-corrected chi connectivity index (χ4v) is 4.41. The number of non-ortho nitro benzene ring substituents is 1. The van der Waals surface area contributed by atoms with Gasteiger partial charge in [0, 0.05) is 23.8 Å². The summed E-state index contributed by atoms with van der Waals surface area (Å²) in [6, 6.07) is 13.3. The van der Waals surface area contributed by atoms with E-state index in [9.17, 15) is 19.3 Å². The highest BCUT2D eigenvalue weighted by Gasteiger charge is 2.19. The lowest BCUT2D eigenvalue weighted by Gasteiger charge is -2.14. The van der Waals surface area contributed by atoms with Crippen LogP contribution in [0.25, 0.3) is 16.3 Å². The van der Waals surface area contributed by atoms with Crippen LogP contribution in [0.3, 0.4) is 0 Å². The molecule has 0 N–H and O–H groups in total. The Kier molecular flexibility index (Phi) is 7.92. The van der Waals surface area contributed by atoms with E-state index in [-0.39, 0.29) is 10.8 Å². The average Bonchev–Trinajstić information content (AvgIpc) is 3.34. The maximum Gasteiger partial charge on any atom is 0.273 e. The number of hydrogen-bond donors (Lipinski definition) is 0. The number of nitrogens with zero attached hydrogens (tertiary/aromatic N) is 4. The Labute approximate surface area is 220 Å². The van der Waals surface area contributed by atoms with Gasteiger partial charge in [0.15, 0.2) is 11.5 Å². The summed E-state index contributed by atoms with van der Waals surface area (Å²) in [4.78, 5) is 28.2. The number of benzene rings is 3. The zero-order valence-corrected chi connectivity index (χ0v) is 21.3. The number of methoxy groups -OCH3 is 3. The summed E-state index contributed by atoms with van der Waals surface area (Å²) >= 11 is 1.08. The molecule has 0 saturated carbocycles. The molecule has 12 heteroatoms. The van der Waals surface area contributed by atoms with Crippen LogP contribution in [-0.4, -0.2) is 43.4 Å². The van der Waals surface area contributed by atoms with Gasteiger partial charge in [-0.2, -0.15) is 10.1 Å². The van der Waals surface area contributed by atoms with E-state index in [4.69, 9.17) is 14.2 Å². The molecule has 1 aromatic heterocycles. The van der Waals surface area contributed by atoms with Crippen LogP contribution < -0.4 is 19.2 Å². The molecule has 0 aliphatic rings. The first kappa shape index (κ1) is 26.2. The van der Waals surface area contributed by atoms with E-state index in [0.717, 1.165) is 16.3 Å². The van der Waals surface area contributed by atoms with Gasteiger partial charge in [0.05, 0.1) is 42.7 Å². The van der Waals surface area contributed by atoms with Crippen molar-refractivity contribution < 1.29 is 28.3 Å².